The molecule has 0 atom stereocenters. The molecular formula is C4H2N3NaO4. The summed E-state index contributed by atoms with van der Waals surface area (Å²) >= 11 is 0. The quantitative estimate of drug-likeness (QED) is 0.258. The van der Waals surface area contributed by atoms with Gasteiger partial charge in [0.05, 0.1) is 10.1 Å². The van der Waals surface area contributed by atoms with Gasteiger partial charge in [0, 0.05) is 10.9 Å². The van der Waals surface area contributed by atoms with E-state index >= 15 is 0 Å². The van der Waals surface area contributed by atoms with Crippen molar-refractivity contribution in [3.8, 4) is 0 Å². The molecule has 12 heavy (non-hydrogen) atoms. The Labute approximate surface area is 88.4 Å². The standard InChI is InChI=1S/C4H3N3O4.Na/c8-4(9)3-1-2-6(5-3)7(10)11;/h1-2H,(H,8,9);/q;+1/p-1. The van der Waals surface area contributed by atoms with Crippen LogP contribution >= 0.6 is 0 Å². The second-order valence-electron chi connectivity index (χ2n) is 1.65. The molecule has 1 heterocycles. The topological polar surface area (TPSA) is 101 Å². The van der Waals surface area contributed by atoms with Gasteiger partial charge in [0.1, 0.15) is 12.2 Å². The van der Waals surface area contributed by atoms with Crippen LogP contribution in [0.25, 0.3) is 0 Å². The van der Waals surface area contributed by atoms with E-state index in [1.54, 1.807) is 0 Å². The third kappa shape index (κ3) is 2.29. The largest absolute Gasteiger partial charge is 1.00 e. The number of carbonyl (C=O) groups is 1. The molecule has 58 valence electrons. The van der Waals surface area contributed by atoms with Crippen molar-refractivity contribution in [3.63, 3.8) is 0 Å². The molecule has 1 aromatic heterocycles. The predicted octanol–water partition coefficient (Wildman–Crippen LogP) is -4.71. The van der Waals surface area contributed by atoms with Crippen LogP contribution in [0.2, 0.25) is 0 Å². The molecule has 1 aromatic rings. The number of carbonyl (C=O) groups excluding carboxylic acids is 1. The molecule has 7 nitrogen and oxygen atoms in total. The summed E-state index contributed by atoms with van der Waals surface area (Å²) < 4.78 is 0. The van der Waals surface area contributed by atoms with E-state index in [9.17, 15) is 20.0 Å². The third-order valence-corrected chi connectivity index (χ3v) is 0.952. The summed E-state index contributed by atoms with van der Waals surface area (Å²) in [7, 11) is 0. The van der Waals surface area contributed by atoms with Crippen LogP contribution in [0.5, 0.6) is 0 Å². The molecule has 0 amide bonds. The molecular weight excluding hydrogens is 177 g/mol. The van der Waals surface area contributed by atoms with E-state index in [-0.39, 0.29) is 29.6 Å². The summed E-state index contributed by atoms with van der Waals surface area (Å²) in [6, 6.07) is 0.984. The summed E-state index contributed by atoms with van der Waals surface area (Å²) in [6.07, 6.45) is 0.922. The van der Waals surface area contributed by atoms with Crippen LogP contribution in [-0.2, 0) is 0 Å². The van der Waals surface area contributed by atoms with E-state index in [0.717, 1.165) is 12.3 Å². The minimum absolute atomic E-state index is 0. The maximum atomic E-state index is 10.0. The van der Waals surface area contributed by atoms with Crippen LogP contribution in [0, 0.1) is 10.1 Å². The summed E-state index contributed by atoms with van der Waals surface area (Å²) in [5.74, 6) is -1.54. The Hall–Kier alpha value is -0.920. The van der Waals surface area contributed by atoms with Crippen molar-refractivity contribution in [1.29, 1.82) is 0 Å². The van der Waals surface area contributed by atoms with Crippen LogP contribution in [0.15, 0.2) is 12.3 Å². The molecule has 0 bridgehead atoms. The van der Waals surface area contributed by atoms with Crippen LogP contribution in [0.1, 0.15) is 10.5 Å². The molecule has 0 aliphatic heterocycles. The molecule has 0 saturated carbocycles. The summed E-state index contributed by atoms with van der Waals surface area (Å²) in [5.41, 5.74) is -0.457. The van der Waals surface area contributed by atoms with Gasteiger partial charge in [-0.3, -0.25) is 0 Å². The van der Waals surface area contributed by atoms with E-state index in [0.29, 0.717) is 4.79 Å². The molecule has 1 rings (SSSR count). The maximum Gasteiger partial charge on any atom is 1.00 e. The monoisotopic (exact) mass is 179 g/mol. The first-order valence-electron chi connectivity index (χ1n) is 2.53. The van der Waals surface area contributed by atoms with Gasteiger partial charge in [-0.25, -0.2) is 0 Å². The average Bonchev–Trinajstić information content (AvgIpc) is 2.33. The van der Waals surface area contributed by atoms with Crippen molar-refractivity contribution in [2.24, 2.45) is 0 Å². The fourth-order valence-corrected chi connectivity index (χ4v) is 0.514. The van der Waals surface area contributed by atoms with E-state index < -0.39 is 16.7 Å². The number of rotatable bonds is 2. The number of nitro groups is 1. The molecule has 0 aromatic carbocycles. The van der Waals surface area contributed by atoms with Crippen LogP contribution < -0.4 is 34.7 Å². The Morgan fingerprint density at radius 2 is 2.25 bits per heavy atom. The van der Waals surface area contributed by atoms with E-state index in [4.69, 9.17) is 0 Å². The smallest absolute Gasteiger partial charge is 0.541 e. The van der Waals surface area contributed by atoms with Crippen LogP contribution in [-0.4, -0.2) is 20.9 Å². The first kappa shape index (κ1) is 11.1. The van der Waals surface area contributed by atoms with Gasteiger partial charge in [-0.2, -0.15) is 0 Å². The van der Waals surface area contributed by atoms with Crippen LogP contribution in [0.4, 0.5) is 0 Å². The van der Waals surface area contributed by atoms with Gasteiger partial charge in [-0.05, 0) is 0 Å². The third-order valence-electron chi connectivity index (χ3n) is 0.952. The number of aromatic nitrogens is 2. The second kappa shape index (κ2) is 4.19. The fourth-order valence-electron chi connectivity index (χ4n) is 0.514. The number of aromatic carboxylic acids is 1. The van der Waals surface area contributed by atoms with Crippen LogP contribution in [0.3, 0.4) is 0 Å². The van der Waals surface area contributed by atoms with Crippen molar-refractivity contribution in [2.75, 3.05) is 0 Å². The number of hydrogen-bond donors (Lipinski definition) is 0. The zero-order valence-electron chi connectivity index (χ0n) is 6.13. The van der Waals surface area contributed by atoms with Crippen molar-refractivity contribution < 1.29 is 44.5 Å². The van der Waals surface area contributed by atoms with E-state index in [1.807, 2.05) is 0 Å². The summed E-state index contributed by atoms with van der Waals surface area (Å²) in [5, 5.41) is 22.2. The number of carboxylic acids is 1. The molecule has 0 radical (unpaired) electrons. The summed E-state index contributed by atoms with van der Waals surface area (Å²) in [4.78, 5) is 20.3. The number of hydrogen-bond acceptors (Lipinski definition) is 5. The zero-order chi connectivity index (χ0) is 8.43. The Kier molecular flexibility index (Phi) is 3.87. The van der Waals surface area contributed by atoms with Gasteiger partial charge < -0.3 is 20.0 Å². The van der Waals surface area contributed by atoms with Gasteiger partial charge in [0.15, 0.2) is 0 Å². The van der Waals surface area contributed by atoms with Crippen molar-refractivity contribution >= 4 is 5.97 Å². The maximum absolute atomic E-state index is 10.0. The first-order chi connectivity index (χ1) is 5.11. The minimum Gasteiger partial charge on any atom is -0.541 e. The normalized spacial score (nSPS) is 8.67. The Morgan fingerprint density at radius 1 is 1.67 bits per heavy atom. The van der Waals surface area contributed by atoms with Gasteiger partial charge in [-0.15, -0.1) is 0 Å². The predicted molar refractivity (Wildman–Crippen MR) is 28.9 cm³/mol. The molecule has 0 fully saturated rings. The average molecular weight is 179 g/mol. The second-order valence-corrected chi connectivity index (χ2v) is 1.65. The zero-order valence-corrected chi connectivity index (χ0v) is 8.13. The molecule has 0 aliphatic rings. The van der Waals surface area contributed by atoms with Gasteiger partial charge in [0.25, 0.3) is 0 Å². The molecule has 0 saturated heterocycles. The van der Waals surface area contributed by atoms with E-state index in [1.165, 1.54) is 0 Å². The molecule has 0 spiro atoms. The molecule has 8 heteroatoms. The van der Waals surface area contributed by atoms with Gasteiger partial charge in [0.2, 0.25) is 5.69 Å². The molecule has 0 N–H and O–H groups in total. The van der Waals surface area contributed by atoms with Crippen molar-refractivity contribution in [2.45, 2.75) is 0 Å². The first-order valence-corrected chi connectivity index (χ1v) is 2.53. The number of nitrogens with zero attached hydrogens (tertiary/aromatic N) is 3. The SMILES string of the molecule is O=C([O-])c1ccn([N+](=O)[O-])n1.[Na+]. The van der Waals surface area contributed by atoms with E-state index in [2.05, 4.69) is 5.10 Å². The summed E-state index contributed by atoms with van der Waals surface area (Å²) in [6.45, 7) is 0. The van der Waals surface area contributed by atoms with Crippen molar-refractivity contribution in [1.82, 2.24) is 9.89 Å². The van der Waals surface area contributed by atoms with Gasteiger partial charge >= 0.3 is 29.6 Å². The minimum atomic E-state index is -1.54. The Balaban J connectivity index is 0.00000121. The Bertz CT molecular complexity index is 281. The van der Waals surface area contributed by atoms with Gasteiger partial charge in [-0.1, -0.05) is 0 Å². The van der Waals surface area contributed by atoms with Crippen molar-refractivity contribution in [3.05, 3.63) is 28.1 Å². The molecule has 0 aliphatic carbocycles. The molecule has 0 unspecified atom stereocenters. The fraction of sp³-hybridized carbons (Fsp3) is 0. The Morgan fingerprint density at radius 3 is 2.50 bits per heavy atom. The number of carboxylic acid groups (broad SMARTS) is 1.